The van der Waals surface area contributed by atoms with E-state index < -0.39 is 7.60 Å². The lowest BCUT2D eigenvalue weighted by Gasteiger charge is -2.11. The molecule has 1 aromatic carbocycles. The average Bonchev–Trinajstić information content (AvgIpc) is 2.44. The predicted octanol–water partition coefficient (Wildman–Crippen LogP) is 2.32. The molecule has 1 aliphatic carbocycles. The van der Waals surface area contributed by atoms with Gasteiger partial charge in [-0.1, -0.05) is 31.2 Å². The highest BCUT2D eigenvalue weighted by Gasteiger charge is 2.32. The van der Waals surface area contributed by atoms with Crippen molar-refractivity contribution < 1.29 is 14.4 Å². The van der Waals surface area contributed by atoms with E-state index >= 15 is 0 Å². The summed E-state index contributed by atoms with van der Waals surface area (Å²) in [6.07, 6.45) is 1.60. The third-order valence-corrected chi connectivity index (χ3v) is 3.73. The predicted molar refractivity (Wildman–Crippen MR) is 54.9 cm³/mol. The molecule has 0 amide bonds. The molecule has 3 nitrogen and oxygen atoms in total. The van der Waals surface area contributed by atoms with Gasteiger partial charge in [0.25, 0.3) is 0 Å². The van der Waals surface area contributed by atoms with Crippen molar-refractivity contribution in [3.8, 4) is 0 Å². The van der Waals surface area contributed by atoms with Gasteiger partial charge >= 0.3 is 7.60 Å². The van der Waals surface area contributed by atoms with E-state index in [4.69, 9.17) is 9.79 Å². The van der Waals surface area contributed by atoms with Gasteiger partial charge in [-0.15, -0.1) is 0 Å². The summed E-state index contributed by atoms with van der Waals surface area (Å²) in [6.45, 7) is 1.82. The fourth-order valence-corrected chi connectivity index (χ4v) is 2.77. The van der Waals surface area contributed by atoms with Gasteiger partial charge in [0, 0.05) is 11.2 Å². The minimum atomic E-state index is -4.09. The van der Waals surface area contributed by atoms with Gasteiger partial charge in [-0.05, 0) is 17.2 Å². The summed E-state index contributed by atoms with van der Waals surface area (Å²) in [7, 11) is -4.09. The molecule has 4 heteroatoms. The minimum Gasteiger partial charge on any atom is -0.321 e. The minimum absolute atomic E-state index is 0.174. The quantitative estimate of drug-likeness (QED) is 0.699. The molecule has 0 aliphatic heterocycles. The van der Waals surface area contributed by atoms with E-state index in [9.17, 15) is 4.57 Å². The van der Waals surface area contributed by atoms with Crippen LogP contribution < -0.4 is 0 Å². The Hall–Kier alpha value is -0.890. The van der Waals surface area contributed by atoms with E-state index in [1.165, 1.54) is 0 Å². The molecule has 0 aromatic heterocycles. The Balaban J connectivity index is 2.52. The summed E-state index contributed by atoms with van der Waals surface area (Å²) >= 11 is 0. The highest BCUT2D eigenvalue weighted by molar-refractivity contribution is 7.56. The second kappa shape index (κ2) is 3.06. The summed E-state index contributed by atoms with van der Waals surface area (Å²) in [5.74, 6) is -0.174. The van der Waals surface area contributed by atoms with Crippen LogP contribution in [0.5, 0.6) is 0 Å². The number of allylic oxidation sites excluding steroid dienone is 1. The van der Waals surface area contributed by atoms with Gasteiger partial charge in [0.15, 0.2) is 0 Å². The molecule has 0 spiro atoms. The van der Waals surface area contributed by atoms with Crippen molar-refractivity contribution in [1.82, 2.24) is 0 Å². The van der Waals surface area contributed by atoms with Gasteiger partial charge < -0.3 is 9.79 Å². The molecule has 1 atom stereocenters. The number of benzene rings is 1. The summed E-state index contributed by atoms with van der Waals surface area (Å²) in [5, 5.41) is 0.221. The monoisotopic (exact) mass is 210 g/mol. The van der Waals surface area contributed by atoms with Gasteiger partial charge in [-0.3, -0.25) is 4.57 Å². The molecular weight excluding hydrogens is 199 g/mol. The highest BCUT2D eigenvalue weighted by atomic mass is 31.2. The van der Waals surface area contributed by atoms with Crippen molar-refractivity contribution in [2.45, 2.75) is 12.8 Å². The Bertz CT molecular complexity index is 444. The molecule has 2 rings (SSSR count). The van der Waals surface area contributed by atoms with Crippen LogP contribution in [0.25, 0.3) is 6.08 Å². The second-order valence-electron chi connectivity index (χ2n) is 3.46. The van der Waals surface area contributed by atoms with E-state index in [1.54, 1.807) is 6.08 Å². The van der Waals surface area contributed by atoms with Gasteiger partial charge in [-0.25, -0.2) is 0 Å². The molecule has 14 heavy (non-hydrogen) atoms. The average molecular weight is 210 g/mol. The molecule has 0 radical (unpaired) electrons. The fourth-order valence-electron chi connectivity index (χ4n) is 1.82. The van der Waals surface area contributed by atoms with Crippen molar-refractivity contribution in [2.24, 2.45) is 0 Å². The molecule has 74 valence electrons. The lowest BCUT2D eigenvalue weighted by Crippen LogP contribution is -1.93. The first-order chi connectivity index (χ1) is 6.50. The molecule has 2 N–H and O–H groups in total. The maximum atomic E-state index is 11.1. The van der Waals surface area contributed by atoms with Crippen LogP contribution in [0.1, 0.15) is 24.0 Å². The molecule has 1 aromatic rings. The van der Waals surface area contributed by atoms with Crippen LogP contribution in [0.2, 0.25) is 0 Å². The summed E-state index contributed by atoms with van der Waals surface area (Å²) < 4.78 is 11.1. The lowest BCUT2D eigenvalue weighted by molar-refractivity contribution is 0.380. The van der Waals surface area contributed by atoms with Crippen LogP contribution in [0.4, 0.5) is 0 Å². The van der Waals surface area contributed by atoms with Crippen LogP contribution in [0, 0.1) is 0 Å². The van der Waals surface area contributed by atoms with Crippen molar-refractivity contribution >= 4 is 13.7 Å². The van der Waals surface area contributed by atoms with E-state index in [-0.39, 0.29) is 11.2 Å². The van der Waals surface area contributed by atoms with E-state index in [0.29, 0.717) is 0 Å². The van der Waals surface area contributed by atoms with Crippen LogP contribution in [0.3, 0.4) is 0 Å². The van der Waals surface area contributed by atoms with Crippen LogP contribution >= 0.6 is 7.60 Å². The van der Waals surface area contributed by atoms with E-state index in [0.717, 1.165) is 11.1 Å². The summed E-state index contributed by atoms with van der Waals surface area (Å²) in [5.41, 5.74) is 1.91. The zero-order chi connectivity index (χ0) is 10.3. The molecule has 1 aliphatic rings. The maximum Gasteiger partial charge on any atom is 0.352 e. The van der Waals surface area contributed by atoms with Crippen LogP contribution in [-0.4, -0.2) is 9.79 Å². The van der Waals surface area contributed by atoms with Crippen molar-refractivity contribution in [3.63, 3.8) is 0 Å². The topological polar surface area (TPSA) is 57.5 Å². The third-order valence-electron chi connectivity index (χ3n) is 2.55. The Kier molecular flexibility index (Phi) is 2.11. The first-order valence-corrected chi connectivity index (χ1v) is 5.98. The first kappa shape index (κ1) is 9.66. The van der Waals surface area contributed by atoms with E-state index in [2.05, 4.69) is 0 Å². The Morgan fingerprint density at radius 3 is 2.50 bits per heavy atom. The maximum absolute atomic E-state index is 11.1. The molecule has 0 fully saturated rings. The number of hydrogen-bond acceptors (Lipinski definition) is 1. The molecule has 1 unspecified atom stereocenters. The Morgan fingerprint density at radius 2 is 1.93 bits per heavy atom. The number of rotatable bonds is 1. The zero-order valence-electron chi connectivity index (χ0n) is 7.71. The van der Waals surface area contributed by atoms with Crippen molar-refractivity contribution in [3.05, 3.63) is 40.7 Å². The van der Waals surface area contributed by atoms with Crippen LogP contribution in [0.15, 0.2) is 29.6 Å². The van der Waals surface area contributed by atoms with Gasteiger partial charge in [0.2, 0.25) is 0 Å². The first-order valence-electron chi connectivity index (χ1n) is 4.37. The van der Waals surface area contributed by atoms with E-state index in [1.807, 2.05) is 31.2 Å². The van der Waals surface area contributed by atoms with Gasteiger partial charge in [0.1, 0.15) is 0 Å². The third kappa shape index (κ3) is 1.44. The number of hydrogen-bond donors (Lipinski definition) is 2. The molecule has 0 heterocycles. The normalized spacial score (nSPS) is 20.5. The highest BCUT2D eigenvalue weighted by Crippen LogP contribution is 2.56. The second-order valence-corrected chi connectivity index (χ2v) is 5.07. The lowest BCUT2D eigenvalue weighted by atomic mass is 10.0. The Labute approximate surface area is 82.2 Å². The van der Waals surface area contributed by atoms with Crippen molar-refractivity contribution in [1.29, 1.82) is 0 Å². The molecule has 0 saturated carbocycles. The smallest absolute Gasteiger partial charge is 0.321 e. The van der Waals surface area contributed by atoms with Gasteiger partial charge in [0.05, 0.1) is 0 Å². The molecule has 0 saturated heterocycles. The number of fused-ring (bicyclic) bond motifs is 1. The SMILES string of the molecule is CC1C(P(=O)(O)O)=Cc2ccccc21. The molecule has 0 bridgehead atoms. The van der Waals surface area contributed by atoms with Crippen molar-refractivity contribution in [2.75, 3.05) is 0 Å². The zero-order valence-corrected chi connectivity index (χ0v) is 8.61. The van der Waals surface area contributed by atoms with Gasteiger partial charge in [-0.2, -0.15) is 0 Å². The standard InChI is InChI=1S/C10H11O3P/c1-7-9-5-3-2-4-8(9)6-10(7)14(11,12)13/h2-7H,1H3,(H2,11,12,13). The Morgan fingerprint density at radius 1 is 1.29 bits per heavy atom. The largest absolute Gasteiger partial charge is 0.352 e. The summed E-state index contributed by atoms with van der Waals surface area (Å²) in [4.78, 5) is 18.2. The fraction of sp³-hybridized carbons (Fsp3) is 0.200. The molecular formula is C10H11O3P. The van der Waals surface area contributed by atoms with Crippen LogP contribution in [-0.2, 0) is 4.57 Å². The summed E-state index contributed by atoms with van der Waals surface area (Å²) in [6, 6.07) is 7.52.